The lowest BCUT2D eigenvalue weighted by molar-refractivity contribution is 0.0949. The van der Waals surface area contributed by atoms with Gasteiger partial charge >= 0.3 is 0 Å². The second-order valence-electron chi connectivity index (χ2n) is 4.44. The van der Waals surface area contributed by atoms with Crippen LogP contribution in [-0.2, 0) is 0 Å². The third-order valence-corrected chi connectivity index (χ3v) is 3.48. The molecular formula is C12H15Cl2N3O. The second-order valence-corrected chi connectivity index (χ2v) is 5.19. The number of nitrogens with one attached hydrogen (secondary N) is 1. The van der Waals surface area contributed by atoms with Gasteiger partial charge in [0.05, 0.1) is 5.56 Å². The minimum absolute atomic E-state index is 0.135. The first kappa shape index (κ1) is 13.6. The van der Waals surface area contributed by atoms with Gasteiger partial charge in [0, 0.05) is 19.1 Å². The fraction of sp³-hybridized carbons (Fsp3) is 0.500. The minimum Gasteiger partial charge on any atom is -0.351 e. The van der Waals surface area contributed by atoms with E-state index in [-0.39, 0.29) is 16.2 Å². The molecule has 98 valence electrons. The lowest BCUT2D eigenvalue weighted by atomic mass is 10.2. The highest BCUT2D eigenvalue weighted by Crippen LogP contribution is 2.24. The summed E-state index contributed by atoms with van der Waals surface area (Å²) in [6.07, 6.45) is 2.52. The van der Waals surface area contributed by atoms with E-state index in [0.29, 0.717) is 18.2 Å². The molecule has 1 N–H and O–H groups in total. The van der Waals surface area contributed by atoms with Gasteiger partial charge in [-0.15, -0.1) is 0 Å². The van der Waals surface area contributed by atoms with Crippen LogP contribution in [0.15, 0.2) is 12.1 Å². The van der Waals surface area contributed by atoms with Gasteiger partial charge in [0.2, 0.25) is 0 Å². The van der Waals surface area contributed by atoms with Crippen molar-refractivity contribution >= 4 is 29.1 Å². The quantitative estimate of drug-likeness (QED) is 0.845. The van der Waals surface area contributed by atoms with E-state index >= 15 is 0 Å². The summed E-state index contributed by atoms with van der Waals surface area (Å²) in [5.41, 5.74) is 0.357. The Morgan fingerprint density at radius 1 is 1.50 bits per heavy atom. The van der Waals surface area contributed by atoms with E-state index in [9.17, 15) is 4.79 Å². The fourth-order valence-corrected chi connectivity index (χ4v) is 2.15. The number of hydrogen-bond donors (Lipinski definition) is 1. The molecule has 1 aliphatic rings. The Kier molecular flexibility index (Phi) is 4.43. The van der Waals surface area contributed by atoms with Gasteiger partial charge in [-0.2, -0.15) is 0 Å². The van der Waals surface area contributed by atoms with Gasteiger partial charge in [0.25, 0.3) is 5.91 Å². The van der Waals surface area contributed by atoms with Crippen molar-refractivity contribution in [3.8, 4) is 0 Å². The molecule has 4 nitrogen and oxygen atoms in total. The van der Waals surface area contributed by atoms with Crippen LogP contribution in [-0.4, -0.2) is 42.0 Å². The van der Waals surface area contributed by atoms with E-state index in [1.807, 2.05) is 0 Å². The van der Waals surface area contributed by atoms with Gasteiger partial charge in [0.15, 0.2) is 0 Å². The Balaban J connectivity index is 1.83. The molecular weight excluding hydrogens is 273 g/mol. The molecule has 0 radical (unpaired) electrons. The van der Waals surface area contributed by atoms with E-state index in [0.717, 1.165) is 6.54 Å². The Hall–Kier alpha value is -0.840. The Morgan fingerprint density at radius 2 is 2.22 bits per heavy atom. The maximum Gasteiger partial charge on any atom is 0.254 e. The van der Waals surface area contributed by atoms with Gasteiger partial charge < -0.3 is 10.2 Å². The van der Waals surface area contributed by atoms with Crippen molar-refractivity contribution < 1.29 is 4.79 Å². The van der Waals surface area contributed by atoms with Crippen LogP contribution in [0.3, 0.4) is 0 Å². The zero-order chi connectivity index (χ0) is 13.1. The molecule has 1 aliphatic carbocycles. The molecule has 1 heterocycles. The molecule has 0 aromatic carbocycles. The first-order valence-electron chi connectivity index (χ1n) is 5.88. The van der Waals surface area contributed by atoms with Crippen LogP contribution in [0, 0.1) is 0 Å². The van der Waals surface area contributed by atoms with Crippen molar-refractivity contribution in [1.82, 2.24) is 15.2 Å². The third-order valence-electron chi connectivity index (χ3n) is 2.98. The van der Waals surface area contributed by atoms with Crippen molar-refractivity contribution in [2.75, 3.05) is 20.1 Å². The lowest BCUT2D eigenvalue weighted by Gasteiger charge is -2.15. The summed E-state index contributed by atoms with van der Waals surface area (Å²) in [6.45, 7) is 1.44. The molecule has 1 saturated carbocycles. The number of aromatic nitrogens is 1. The van der Waals surface area contributed by atoms with E-state index < -0.39 is 0 Å². The topological polar surface area (TPSA) is 45.2 Å². The smallest absolute Gasteiger partial charge is 0.254 e. The van der Waals surface area contributed by atoms with Crippen molar-refractivity contribution in [3.63, 3.8) is 0 Å². The van der Waals surface area contributed by atoms with Crippen molar-refractivity contribution in [1.29, 1.82) is 0 Å². The van der Waals surface area contributed by atoms with E-state index in [4.69, 9.17) is 23.2 Å². The summed E-state index contributed by atoms with van der Waals surface area (Å²) < 4.78 is 0. The van der Waals surface area contributed by atoms with Crippen LogP contribution in [0.4, 0.5) is 0 Å². The summed E-state index contributed by atoms with van der Waals surface area (Å²) in [4.78, 5) is 17.9. The summed E-state index contributed by atoms with van der Waals surface area (Å²) in [5, 5.41) is 3.24. The number of halogens is 2. The zero-order valence-electron chi connectivity index (χ0n) is 10.1. The first-order chi connectivity index (χ1) is 8.58. The number of hydrogen-bond acceptors (Lipinski definition) is 3. The van der Waals surface area contributed by atoms with Gasteiger partial charge in [-0.1, -0.05) is 23.2 Å². The Labute approximate surface area is 116 Å². The normalized spacial score (nSPS) is 14.9. The molecule has 0 atom stereocenters. The highest BCUT2D eigenvalue weighted by Gasteiger charge is 2.25. The predicted octanol–water partition coefficient (Wildman–Crippen LogP) is 2.21. The number of likely N-dealkylation sites (N-methyl/N-ethyl adjacent to an activating group) is 1. The molecule has 0 aliphatic heterocycles. The van der Waals surface area contributed by atoms with Crippen LogP contribution in [0.2, 0.25) is 10.3 Å². The van der Waals surface area contributed by atoms with E-state index in [1.54, 1.807) is 12.1 Å². The molecule has 1 aromatic rings. The van der Waals surface area contributed by atoms with E-state index in [2.05, 4.69) is 22.2 Å². The fourth-order valence-electron chi connectivity index (χ4n) is 1.72. The van der Waals surface area contributed by atoms with Crippen molar-refractivity contribution in [3.05, 3.63) is 28.0 Å². The SMILES string of the molecule is CN(CCNC(=O)c1ccc(Cl)nc1Cl)C1CC1. The maximum atomic E-state index is 11.8. The molecule has 0 unspecified atom stereocenters. The monoisotopic (exact) mass is 287 g/mol. The molecule has 0 saturated heterocycles. The maximum absolute atomic E-state index is 11.8. The van der Waals surface area contributed by atoms with Gasteiger partial charge in [-0.3, -0.25) is 4.79 Å². The first-order valence-corrected chi connectivity index (χ1v) is 6.64. The number of nitrogens with zero attached hydrogens (tertiary/aromatic N) is 2. The third kappa shape index (κ3) is 3.57. The number of amides is 1. The molecule has 6 heteroatoms. The van der Waals surface area contributed by atoms with Gasteiger partial charge in [-0.05, 0) is 32.0 Å². The summed E-state index contributed by atoms with van der Waals surface area (Å²) >= 11 is 11.5. The number of carbonyl (C=O) groups excluding carboxylic acids is 1. The standard InChI is InChI=1S/C12H15Cl2N3O/c1-17(8-2-3-8)7-6-15-12(18)9-4-5-10(13)16-11(9)14/h4-5,8H,2-3,6-7H2,1H3,(H,15,18). The van der Waals surface area contributed by atoms with Crippen LogP contribution in [0.25, 0.3) is 0 Å². The van der Waals surface area contributed by atoms with Crippen LogP contribution >= 0.6 is 23.2 Å². The molecule has 1 amide bonds. The number of rotatable bonds is 5. The average molecular weight is 288 g/mol. The van der Waals surface area contributed by atoms with Crippen LogP contribution in [0.5, 0.6) is 0 Å². The summed E-state index contributed by atoms with van der Waals surface area (Å²) in [5.74, 6) is -0.214. The van der Waals surface area contributed by atoms with Gasteiger partial charge in [0.1, 0.15) is 10.3 Å². The second kappa shape index (κ2) is 5.87. The molecule has 18 heavy (non-hydrogen) atoms. The highest BCUT2D eigenvalue weighted by atomic mass is 35.5. The molecule has 0 bridgehead atoms. The molecule has 1 fully saturated rings. The van der Waals surface area contributed by atoms with Crippen molar-refractivity contribution in [2.45, 2.75) is 18.9 Å². The van der Waals surface area contributed by atoms with Crippen LogP contribution < -0.4 is 5.32 Å². The number of carbonyl (C=O) groups is 1. The molecule has 1 aromatic heterocycles. The minimum atomic E-state index is -0.214. The largest absolute Gasteiger partial charge is 0.351 e. The highest BCUT2D eigenvalue weighted by molar-refractivity contribution is 6.34. The van der Waals surface area contributed by atoms with E-state index in [1.165, 1.54) is 12.8 Å². The molecule has 2 rings (SSSR count). The zero-order valence-corrected chi connectivity index (χ0v) is 11.6. The summed E-state index contributed by atoms with van der Waals surface area (Å²) in [6, 6.07) is 3.83. The lowest BCUT2D eigenvalue weighted by Crippen LogP contribution is -2.34. The van der Waals surface area contributed by atoms with Gasteiger partial charge in [-0.25, -0.2) is 4.98 Å². The Morgan fingerprint density at radius 3 is 2.83 bits per heavy atom. The predicted molar refractivity (Wildman–Crippen MR) is 72.2 cm³/mol. The summed E-state index contributed by atoms with van der Waals surface area (Å²) in [7, 11) is 2.07. The average Bonchev–Trinajstić information content (AvgIpc) is 3.12. The number of pyridine rings is 1. The Bertz CT molecular complexity index is 449. The van der Waals surface area contributed by atoms with Crippen LogP contribution in [0.1, 0.15) is 23.2 Å². The molecule has 0 spiro atoms. The van der Waals surface area contributed by atoms with Crippen molar-refractivity contribution in [2.24, 2.45) is 0 Å².